The van der Waals surface area contributed by atoms with Crippen LogP contribution < -0.4 is 4.74 Å². The molecule has 0 unspecified atom stereocenters. The molecular formula is C12H14F3NO4S. The molecule has 0 amide bonds. The van der Waals surface area contributed by atoms with Crippen molar-refractivity contribution in [2.24, 2.45) is 0 Å². The third kappa shape index (κ3) is 4.08. The fourth-order valence-corrected chi connectivity index (χ4v) is 3.58. The predicted molar refractivity (Wildman–Crippen MR) is 67.1 cm³/mol. The maximum Gasteiger partial charge on any atom is 0.573 e. The van der Waals surface area contributed by atoms with Crippen LogP contribution in [0, 0.1) is 0 Å². The van der Waals surface area contributed by atoms with E-state index < -0.39 is 22.1 Å². The number of sulfonamides is 1. The standard InChI is InChI=1S/C12H14F3NO4S/c13-12(14,15)20-10-3-5-11(6-4-10)21(18,19)16(7-8-17)9-1-2-9/h3-6,9,17H,1-2,7-8H2. The summed E-state index contributed by atoms with van der Waals surface area (Å²) in [6.07, 6.45) is -3.39. The van der Waals surface area contributed by atoms with Gasteiger partial charge in [-0.3, -0.25) is 0 Å². The Labute approximate surface area is 120 Å². The van der Waals surface area contributed by atoms with Crippen LogP contribution in [0.2, 0.25) is 0 Å². The minimum absolute atomic E-state index is 0.0339. The maximum atomic E-state index is 12.4. The van der Waals surface area contributed by atoms with Crippen LogP contribution in [0.1, 0.15) is 12.8 Å². The molecule has 1 aromatic carbocycles. The molecule has 0 aliphatic heterocycles. The van der Waals surface area contributed by atoms with Crippen molar-refractivity contribution in [3.8, 4) is 5.75 Å². The van der Waals surface area contributed by atoms with Gasteiger partial charge < -0.3 is 9.84 Å². The van der Waals surface area contributed by atoms with Crippen molar-refractivity contribution in [1.82, 2.24) is 4.31 Å². The molecule has 0 bridgehead atoms. The molecule has 118 valence electrons. The van der Waals surface area contributed by atoms with E-state index in [1.807, 2.05) is 0 Å². The highest BCUT2D eigenvalue weighted by molar-refractivity contribution is 7.89. The van der Waals surface area contributed by atoms with Gasteiger partial charge in [-0.2, -0.15) is 4.31 Å². The van der Waals surface area contributed by atoms with Crippen LogP contribution in [0.3, 0.4) is 0 Å². The molecule has 0 saturated heterocycles. The Bertz CT molecular complexity index is 582. The zero-order valence-corrected chi connectivity index (χ0v) is 11.7. The van der Waals surface area contributed by atoms with E-state index in [2.05, 4.69) is 4.74 Å². The van der Waals surface area contributed by atoms with Crippen molar-refractivity contribution in [3.05, 3.63) is 24.3 Å². The van der Waals surface area contributed by atoms with Gasteiger partial charge in [-0.05, 0) is 37.1 Å². The highest BCUT2D eigenvalue weighted by atomic mass is 32.2. The number of benzene rings is 1. The van der Waals surface area contributed by atoms with E-state index in [0.717, 1.165) is 24.3 Å². The van der Waals surface area contributed by atoms with E-state index in [-0.39, 0.29) is 24.1 Å². The topological polar surface area (TPSA) is 66.8 Å². The van der Waals surface area contributed by atoms with Crippen LogP contribution in [0.15, 0.2) is 29.2 Å². The molecule has 0 spiro atoms. The average molecular weight is 325 g/mol. The van der Waals surface area contributed by atoms with E-state index in [9.17, 15) is 21.6 Å². The number of hydrogen-bond donors (Lipinski definition) is 1. The van der Waals surface area contributed by atoms with Gasteiger partial charge in [0.25, 0.3) is 0 Å². The molecule has 5 nitrogen and oxygen atoms in total. The van der Waals surface area contributed by atoms with Gasteiger partial charge in [0, 0.05) is 12.6 Å². The molecule has 1 aromatic rings. The second-order valence-corrected chi connectivity index (χ2v) is 6.48. The maximum absolute atomic E-state index is 12.4. The van der Waals surface area contributed by atoms with E-state index >= 15 is 0 Å². The van der Waals surface area contributed by atoms with E-state index in [0.29, 0.717) is 12.8 Å². The second-order valence-electron chi connectivity index (χ2n) is 4.59. The Morgan fingerprint density at radius 2 is 1.81 bits per heavy atom. The summed E-state index contributed by atoms with van der Waals surface area (Å²) in [6.45, 7) is -0.348. The number of aliphatic hydroxyl groups excluding tert-OH is 1. The van der Waals surface area contributed by atoms with E-state index in [1.54, 1.807) is 0 Å². The average Bonchev–Trinajstić information content (AvgIpc) is 3.18. The largest absolute Gasteiger partial charge is 0.573 e. The van der Waals surface area contributed by atoms with Gasteiger partial charge in [0.2, 0.25) is 10.0 Å². The van der Waals surface area contributed by atoms with Gasteiger partial charge in [0.15, 0.2) is 0 Å². The molecule has 1 aliphatic carbocycles. The lowest BCUT2D eigenvalue weighted by atomic mass is 10.3. The highest BCUT2D eigenvalue weighted by Crippen LogP contribution is 2.32. The first-order valence-electron chi connectivity index (χ1n) is 6.22. The summed E-state index contributed by atoms with van der Waals surface area (Å²) in [5, 5.41) is 8.94. The van der Waals surface area contributed by atoms with Crippen molar-refractivity contribution < 1.29 is 31.4 Å². The van der Waals surface area contributed by atoms with Crippen LogP contribution in [0.4, 0.5) is 13.2 Å². The second kappa shape index (κ2) is 5.82. The Kier molecular flexibility index (Phi) is 4.45. The Morgan fingerprint density at radius 1 is 1.24 bits per heavy atom. The molecule has 2 rings (SSSR count). The van der Waals surface area contributed by atoms with Crippen molar-refractivity contribution in [3.63, 3.8) is 0 Å². The summed E-state index contributed by atoms with van der Waals surface area (Å²) >= 11 is 0. The number of aliphatic hydroxyl groups is 1. The highest BCUT2D eigenvalue weighted by Gasteiger charge is 2.37. The third-order valence-electron chi connectivity index (χ3n) is 2.94. The Balaban J connectivity index is 2.20. The number of nitrogens with zero attached hydrogens (tertiary/aromatic N) is 1. The molecule has 0 radical (unpaired) electrons. The summed E-state index contributed by atoms with van der Waals surface area (Å²) in [5.41, 5.74) is 0. The van der Waals surface area contributed by atoms with Gasteiger partial charge in [-0.15, -0.1) is 13.2 Å². The molecule has 0 heterocycles. The smallest absolute Gasteiger partial charge is 0.406 e. The van der Waals surface area contributed by atoms with Gasteiger partial charge in [-0.1, -0.05) is 0 Å². The minimum atomic E-state index is -4.82. The Morgan fingerprint density at radius 3 is 2.24 bits per heavy atom. The first-order valence-corrected chi connectivity index (χ1v) is 7.66. The summed E-state index contributed by atoms with van der Waals surface area (Å²) in [4.78, 5) is -0.127. The monoisotopic (exact) mass is 325 g/mol. The minimum Gasteiger partial charge on any atom is -0.406 e. The van der Waals surface area contributed by atoms with Crippen molar-refractivity contribution >= 4 is 10.0 Å². The molecule has 9 heteroatoms. The summed E-state index contributed by atoms with van der Waals surface area (Å²) in [6, 6.07) is 3.87. The lowest BCUT2D eigenvalue weighted by Crippen LogP contribution is -2.35. The van der Waals surface area contributed by atoms with Crippen LogP contribution in [0.5, 0.6) is 5.75 Å². The number of rotatable bonds is 6. The van der Waals surface area contributed by atoms with Gasteiger partial charge >= 0.3 is 6.36 Å². The lowest BCUT2D eigenvalue weighted by Gasteiger charge is -2.21. The summed E-state index contributed by atoms with van der Waals surface area (Å²) < 4.78 is 65.7. The number of alkyl halides is 3. The van der Waals surface area contributed by atoms with Crippen LogP contribution in [-0.4, -0.2) is 43.4 Å². The number of hydrogen-bond acceptors (Lipinski definition) is 4. The molecule has 1 saturated carbocycles. The van der Waals surface area contributed by atoms with Gasteiger partial charge in [-0.25, -0.2) is 8.42 Å². The third-order valence-corrected chi connectivity index (χ3v) is 4.90. The number of ether oxygens (including phenoxy) is 1. The zero-order valence-electron chi connectivity index (χ0n) is 10.9. The first kappa shape index (κ1) is 16.1. The fraction of sp³-hybridized carbons (Fsp3) is 0.500. The molecule has 0 aromatic heterocycles. The van der Waals surface area contributed by atoms with Gasteiger partial charge in [0.1, 0.15) is 5.75 Å². The predicted octanol–water partition coefficient (Wildman–Crippen LogP) is 1.73. The number of halogens is 3. The summed E-state index contributed by atoms with van der Waals surface area (Å²) in [5.74, 6) is -0.485. The quantitative estimate of drug-likeness (QED) is 0.865. The SMILES string of the molecule is O=S(=O)(c1ccc(OC(F)(F)F)cc1)N(CCO)C1CC1. The summed E-state index contributed by atoms with van der Waals surface area (Å²) in [7, 11) is -3.82. The molecule has 1 N–H and O–H groups in total. The normalized spacial score (nSPS) is 16.2. The zero-order chi connectivity index (χ0) is 15.7. The molecule has 0 atom stereocenters. The van der Waals surface area contributed by atoms with Crippen LogP contribution in [-0.2, 0) is 10.0 Å². The molecular weight excluding hydrogens is 311 g/mol. The van der Waals surface area contributed by atoms with Crippen molar-refractivity contribution in [1.29, 1.82) is 0 Å². The van der Waals surface area contributed by atoms with Crippen LogP contribution >= 0.6 is 0 Å². The van der Waals surface area contributed by atoms with E-state index in [1.165, 1.54) is 4.31 Å². The van der Waals surface area contributed by atoms with Crippen molar-refractivity contribution in [2.75, 3.05) is 13.2 Å². The lowest BCUT2D eigenvalue weighted by molar-refractivity contribution is -0.274. The Hall–Kier alpha value is -1.32. The van der Waals surface area contributed by atoms with Crippen LogP contribution in [0.25, 0.3) is 0 Å². The fourth-order valence-electron chi connectivity index (χ4n) is 1.91. The first-order chi connectivity index (χ1) is 9.74. The molecule has 1 fully saturated rings. The van der Waals surface area contributed by atoms with E-state index in [4.69, 9.17) is 5.11 Å². The van der Waals surface area contributed by atoms with Gasteiger partial charge in [0.05, 0.1) is 11.5 Å². The molecule has 1 aliphatic rings. The molecule has 21 heavy (non-hydrogen) atoms. The van der Waals surface area contributed by atoms with Crippen molar-refractivity contribution in [2.45, 2.75) is 30.1 Å².